The normalized spacial score (nSPS) is 13.3. The van der Waals surface area contributed by atoms with Gasteiger partial charge in [-0.25, -0.2) is 18.1 Å². The van der Waals surface area contributed by atoms with Crippen LogP contribution in [0.3, 0.4) is 0 Å². The van der Waals surface area contributed by atoms with Crippen molar-refractivity contribution in [1.29, 1.82) is 0 Å². The van der Waals surface area contributed by atoms with Crippen molar-refractivity contribution in [1.82, 2.24) is 14.7 Å². The van der Waals surface area contributed by atoms with Crippen LogP contribution in [0.25, 0.3) is 0 Å². The maximum atomic E-state index is 12.1. The molecule has 0 aliphatic carbocycles. The number of nitrogens with zero attached hydrogens (tertiary/aromatic N) is 1. The Labute approximate surface area is 118 Å². The molecule has 1 heterocycles. The van der Waals surface area contributed by atoms with Crippen LogP contribution in [0.2, 0.25) is 0 Å². The fraction of sp³-hybridized carbons (Fsp3) is 0.308. The number of hydrogen-bond acceptors (Lipinski definition) is 4. The minimum Gasteiger partial charge on any atom is -0.347 e. The second-order valence-electron chi connectivity index (χ2n) is 4.59. The molecule has 0 aliphatic heterocycles. The van der Waals surface area contributed by atoms with E-state index in [2.05, 4.69) is 14.7 Å². The Morgan fingerprint density at radius 1 is 1.30 bits per heavy atom. The van der Waals surface area contributed by atoms with E-state index in [1.807, 2.05) is 12.1 Å². The van der Waals surface area contributed by atoms with Gasteiger partial charge >= 0.3 is 0 Å². The summed E-state index contributed by atoms with van der Waals surface area (Å²) >= 11 is 0. The van der Waals surface area contributed by atoms with Gasteiger partial charge < -0.3 is 10.7 Å². The van der Waals surface area contributed by atoms with Gasteiger partial charge in [0.15, 0.2) is 0 Å². The van der Waals surface area contributed by atoms with Crippen LogP contribution in [-0.2, 0) is 22.3 Å². The number of rotatable bonds is 6. The zero-order valence-electron chi connectivity index (χ0n) is 11.2. The van der Waals surface area contributed by atoms with Gasteiger partial charge in [0.1, 0.15) is 5.82 Å². The van der Waals surface area contributed by atoms with Gasteiger partial charge in [-0.15, -0.1) is 0 Å². The van der Waals surface area contributed by atoms with Crippen molar-refractivity contribution < 1.29 is 8.42 Å². The van der Waals surface area contributed by atoms with Gasteiger partial charge in [0.05, 0.1) is 11.8 Å². The van der Waals surface area contributed by atoms with Crippen molar-refractivity contribution in [3.8, 4) is 0 Å². The van der Waals surface area contributed by atoms with Crippen LogP contribution in [0.4, 0.5) is 0 Å². The topological polar surface area (TPSA) is 101 Å². The second-order valence-corrected chi connectivity index (χ2v) is 6.35. The lowest BCUT2D eigenvalue weighted by Gasteiger charge is -2.12. The van der Waals surface area contributed by atoms with Crippen molar-refractivity contribution in [2.75, 3.05) is 0 Å². The molecule has 2 aromatic rings. The molecule has 0 bridgehead atoms. The van der Waals surface area contributed by atoms with E-state index in [1.165, 1.54) is 0 Å². The highest BCUT2D eigenvalue weighted by Gasteiger charge is 2.17. The predicted molar refractivity (Wildman–Crippen MR) is 77.1 cm³/mol. The number of aromatic nitrogens is 2. The van der Waals surface area contributed by atoms with E-state index in [9.17, 15) is 8.42 Å². The standard InChI is InChI=1S/C13H18N4O2S/c1-10(13-15-6-7-16-13)17-20(18,19)9-12-4-2-11(8-14)3-5-12/h2-7,10,17H,8-9,14H2,1H3,(H,15,16). The zero-order chi connectivity index (χ0) is 14.6. The molecule has 0 amide bonds. The fourth-order valence-corrected chi connectivity index (χ4v) is 3.24. The molecule has 20 heavy (non-hydrogen) atoms. The number of nitrogens with two attached hydrogens (primary N) is 1. The molecule has 0 aliphatic rings. The first-order valence-corrected chi connectivity index (χ1v) is 7.92. The first-order chi connectivity index (χ1) is 9.50. The Morgan fingerprint density at radius 2 is 1.95 bits per heavy atom. The third-order valence-electron chi connectivity index (χ3n) is 2.90. The summed E-state index contributed by atoms with van der Waals surface area (Å²) in [5.74, 6) is 0.523. The van der Waals surface area contributed by atoms with Crippen molar-refractivity contribution in [2.45, 2.75) is 25.3 Å². The quantitative estimate of drug-likeness (QED) is 0.741. The first kappa shape index (κ1) is 14.7. The third-order valence-corrected chi connectivity index (χ3v) is 4.33. The van der Waals surface area contributed by atoms with E-state index in [0.717, 1.165) is 11.1 Å². The van der Waals surface area contributed by atoms with Gasteiger partial charge in [-0.1, -0.05) is 24.3 Å². The largest absolute Gasteiger partial charge is 0.347 e. The lowest BCUT2D eigenvalue weighted by molar-refractivity contribution is 0.560. The van der Waals surface area contributed by atoms with Crippen LogP contribution in [0, 0.1) is 0 Å². The third kappa shape index (κ3) is 3.89. The van der Waals surface area contributed by atoms with E-state index in [1.54, 1.807) is 31.5 Å². The lowest BCUT2D eigenvalue weighted by atomic mass is 10.1. The van der Waals surface area contributed by atoms with E-state index in [0.29, 0.717) is 12.4 Å². The Kier molecular flexibility index (Phi) is 4.53. The first-order valence-electron chi connectivity index (χ1n) is 6.27. The Balaban J connectivity index is 2.03. The summed E-state index contributed by atoms with van der Waals surface area (Å²) in [4.78, 5) is 6.92. The molecule has 0 spiro atoms. The summed E-state index contributed by atoms with van der Waals surface area (Å²) in [5.41, 5.74) is 7.20. The van der Waals surface area contributed by atoms with Crippen LogP contribution in [-0.4, -0.2) is 18.4 Å². The average molecular weight is 294 g/mol. The summed E-state index contributed by atoms with van der Waals surface area (Å²) in [7, 11) is -3.42. The van der Waals surface area contributed by atoms with E-state index in [4.69, 9.17) is 5.73 Å². The van der Waals surface area contributed by atoms with Crippen LogP contribution >= 0.6 is 0 Å². The highest BCUT2D eigenvalue weighted by Crippen LogP contribution is 2.12. The number of hydrogen-bond donors (Lipinski definition) is 3. The molecule has 4 N–H and O–H groups in total. The second kappa shape index (κ2) is 6.17. The van der Waals surface area contributed by atoms with Gasteiger partial charge in [0.25, 0.3) is 0 Å². The Morgan fingerprint density at radius 3 is 2.50 bits per heavy atom. The smallest absolute Gasteiger partial charge is 0.216 e. The molecule has 1 unspecified atom stereocenters. The number of aromatic amines is 1. The number of imidazole rings is 1. The minimum atomic E-state index is -3.42. The maximum absolute atomic E-state index is 12.1. The molecule has 1 aromatic carbocycles. The highest BCUT2D eigenvalue weighted by molar-refractivity contribution is 7.88. The van der Waals surface area contributed by atoms with Gasteiger partial charge in [0, 0.05) is 18.9 Å². The van der Waals surface area contributed by atoms with E-state index in [-0.39, 0.29) is 5.75 Å². The van der Waals surface area contributed by atoms with E-state index >= 15 is 0 Å². The molecule has 1 atom stereocenters. The minimum absolute atomic E-state index is 0.0666. The maximum Gasteiger partial charge on any atom is 0.216 e. The van der Waals surface area contributed by atoms with Crippen molar-refractivity contribution >= 4 is 10.0 Å². The summed E-state index contributed by atoms with van der Waals surface area (Å²) in [5, 5.41) is 0. The molecule has 6 nitrogen and oxygen atoms in total. The zero-order valence-corrected chi connectivity index (χ0v) is 12.0. The van der Waals surface area contributed by atoms with Crippen molar-refractivity contribution in [2.24, 2.45) is 5.73 Å². The van der Waals surface area contributed by atoms with Crippen molar-refractivity contribution in [3.63, 3.8) is 0 Å². The Hall–Kier alpha value is -1.70. The van der Waals surface area contributed by atoms with Crippen LogP contribution in [0.1, 0.15) is 29.9 Å². The van der Waals surface area contributed by atoms with Crippen LogP contribution in [0.15, 0.2) is 36.7 Å². The molecular weight excluding hydrogens is 276 g/mol. The summed E-state index contributed by atoms with van der Waals surface area (Å²) in [6.07, 6.45) is 3.25. The number of benzene rings is 1. The molecule has 0 saturated carbocycles. The van der Waals surface area contributed by atoms with Gasteiger partial charge in [-0.3, -0.25) is 0 Å². The summed E-state index contributed by atoms with van der Waals surface area (Å²) in [6.45, 7) is 2.19. The molecule has 0 saturated heterocycles. The number of nitrogens with one attached hydrogen (secondary N) is 2. The molecule has 2 rings (SSSR count). The summed E-state index contributed by atoms with van der Waals surface area (Å²) < 4.78 is 26.8. The SMILES string of the molecule is CC(NS(=O)(=O)Cc1ccc(CN)cc1)c1ncc[nH]1. The number of sulfonamides is 1. The van der Waals surface area contributed by atoms with Crippen molar-refractivity contribution in [3.05, 3.63) is 53.6 Å². The fourth-order valence-electron chi connectivity index (χ4n) is 1.87. The van der Waals surface area contributed by atoms with Gasteiger partial charge in [0.2, 0.25) is 10.0 Å². The predicted octanol–water partition coefficient (Wildman–Crippen LogP) is 1.05. The molecule has 0 radical (unpaired) electrons. The molecule has 1 aromatic heterocycles. The van der Waals surface area contributed by atoms with Crippen LogP contribution < -0.4 is 10.5 Å². The van der Waals surface area contributed by atoms with Gasteiger partial charge in [-0.2, -0.15) is 0 Å². The monoisotopic (exact) mass is 294 g/mol. The molecular formula is C13H18N4O2S. The molecule has 0 fully saturated rings. The van der Waals surface area contributed by atoms with Gasteiger partial charge in [-0.05, 0) is 18.1 Å². The lowest BCUT2D eigenvalue weighted by Crippen LogP contribution is -2.28. The number of H-pyrrole nitrogens is 1. The highest BCUT2D eigenvalue weighted by atomic mass is 32.2. The van der Waals surface area contributed by atoms with E-state index < -0.39 is 16.1 Å². The molecule has 7 heteroatoms. The van der Waals surface area contributed by atoms with Crippen LogP contribution in [0.5, 0.6) is 0 Å². The molecule has 108 valence electrons. The average Bonchev–Trinajstić information content (AvgIpc) is 2.92. The Bertz CT molecular complexity index is 636. The summed E-state index contributed by atoms with van der Waals surface area (Å²) in [6, 6.07) is 6.83.